The minimum Gasteiger partial charge on any atom is -0.372 e. The van der Waals surface area contributed by atoms with Crippen LogP contribution in [0.3, 0.4) is 0 Å². The highest BCUT2D eigenvalue weighted by Gasteiger charge is 2.36. The predicted octanol–water partition coefficient (Wildman–Crippen LogP) is -1.35. The molecule has 1 saturated heterocycles. The molecule has 0 spiro atoms. The normalized spacial score (nSPS) is 22.9. The van der Waals surface area contributed by atoms with Crippen LogP contribution in [0.15, 0.2) is 0 Å². The number of hydrogen-bond acceptors (Lipinski definition) is 5. The predicted molar refractivity (Wildman–Crippen MR) is 29.7 cm³/mol. The topological polar surface area (TPSA) is 81.9 Å². The Morgan fingerprint density at radius 1 is 1.56 bits per heavy atom. The van der Waals surface area contributed by atoms with Crippen LogP contribution in [0.4, 0.5) is 0 Å². The zero-order chi connectivity index (χ0) is 7.07. The van der Waals surface area contributed by atoms with E-state index in [1.54, 1.807) is 0 Å². The molecule has 1 aliphatic heterocycles. The lowest BCUT2D eigenvalue weighted by molar-refractivity contribution is -0.266. The van der Waals surface area contributed by atoms with Crippen LogP contribution >= 0.6 is 12.2 Å². The molecule has 0 saturated carbocycles. The molecule has 0 aromatic heterocycles. The van der Waals surface area contributed by atoms with Crippen LogP contribution in [-0.2, 0) is 19.0 Å². The molecule has 1 rings (SSSR count). The second-order valence-corrected chi connectivity index (χ2v) is 2.69. The summed E-state index contributed by atoms with van der Waals surface area (Å²) in [4.78, 5) is 0. The van der Waals surface area contributed by atoms with Crippen molar-refractivity contribution in [3.05, 3.63) is 0 Å². The van der Waals surface area contributed by atoms with Crippen molar-refractivity contribution < 1.29 is 17.0 Å². The van der Waals surface area contributed by atoms with E-state index in [0.29, 0.717) is 5.23 Å². The van der Waals surface area contributed by atoms with E-state index in [2.05, 4.69) is 20.8 Å². The molecule has 2 N–H and O–H groups in total. The van der Waals surface area contributed by atoms with Crippen LogP contribution < -0.4 is 5.73 Å². The number of hydrogen-bond donors (Lipinski definition) is 1. The molecule has 0 aliphatic carbocycles. The Hall–Kier alpha value is -0.440. The Labute approximate surface area is 56.4 Å². The fourth-order valence-corrected chi connectivity index (χ4v) is 0.917. The molecular weight excluding hydrogens is 168 g/mol. The van der Waals surface area contributed by atoms with Crippen LogP contribution in [0.1, 0.15) is 0 Å². The second kappa shape index (κ2) is 1.77. The van der Waals surface area contributed by atoms with Gasteiger partial charge in [0.15, 0.2) is 0 Å². The molecule has 0 radical (unpaired) electrons. The molecule has 6 nitrogen and oxygen atoms in total. The fraction of sp³-hybridized carbons (Fsp3) is 0. The van der Waals surface area contributed by atoms with E-state index in [4.69, 9.17) is 5.73 Å². The summed E-state index contributed by atoms with van der Waals surface area (Å²) in [5, 5.41) is 0.134. The number of rotatable bonds is 0. The maximum absolute atomic E-state index is 10.0. The first-order chi connectivity index (χ1) is 4.01. The molecule has 0 unspecified atom stereocenters. The smallest absolute Gasteiger partial charge is 0.372 e. The molecule has 1 fully saturated rings. The summed E-state index contributed by atoms with van der Waals surface area (Å²) >= 11 is 4.26. The minimum atomic E-state index is -3.82. The van der Waals surface area contributed by atoms with Gasteiger partial charge in [0, 0.05) is 0 Å². The van der Waals surface area contributed by atoms with Gasteiger partial charge in [0.05, 0.1) is 0 Å². The maximum atomic E-state index is 10.0. The zero-order valence-electron chi connectivity index (χ0n) is 3.97. The van der Waals surface area contributed by atoms with Crippen LogP contribution in [0, 0.1) is 0 Å². The minimum absolute atomic E-state index is 0.287. The highest BCUT2D eigenvalue weighted by Crippen LogP contribution is 2.14. The van der Waals surface area contributed by atoms with Gasteiger partial charge in [-0.3, -0.25) is 0 Å². The number of nitrogens with two attached hydrogens (primary N) is 1. The Kier molecular flexibility index (Phi) is 1.31. The van der Waals surface area contributed by atoms with Gasteiger partial charge >= 0.3 is 10.4 Å². The van der Waals surface area contributed by atoms with Crippen molar-refractivity contribution >= 4 is 27.7 Å². The Morgan fingerprint density at radius 3 is 2.11 bits per heavy atom. The molecule has 9 heavy (non-hydrogen) atoms. The van der Waals surface area contributed by atoms with Gasteiger partial charge in [0.1, 0.15) is 0 Å². The van der Waals surface area contributed by atoms with Crippen LogP contribution in [0.25, 0.3) is 0 Å². The zero-order valence-corrected chi connectivity index (χ0v) is 5.61. The van der Waals surface area contributed by atoms with E-state index in [1.807, 2.05) is 0 Å². The lowest BCUT2D eigenvalue weighted by Gasteiger charge is -2.25. The number of thiocarbonyl (C=S) groups is 1. The van der Waals surface area contributed by atoms with Crippen LogP contribution in [0.2, 0.25) is 0 Å². The molecule has 1 heterocycles. The molecular formula is CH2N2O4S2. The second-order valence-electron chi connectivity index (χ2n) is 1.15. The quantitative estimate of drug-likeness (QED) is 0.450. The third-order valence-corrected chi connectivity index (χ3v) is 1.28. The molecule has 1 aliphatic rings. The third-order valence-electron chi connectivity index (χ3n) is 0.498. The van der Waals surface area contributed by atoms with E-state index >= 15 is 0 Å². The van der Waals surface area contributed by atoms with Crippen LogP contribution in [-0.4, -0.2) is 18.8 Å². The summed E-state index contributed by atoms with van der Waals surface area (Å²) in [6, 6.07) is 0. The number of hydroxylamine groups is 2. The van der Waals surface area contributed by atoms with E-state index < -0.39 is 10.4 Å². The molecule has 8 heteroatoms. The summed E-state index contributed by atoms with van der Waals surface area (Å²) in [6.07, 6.45) is 0. The monoisotopic (exact) mass is 170 g/mol. The van der Waals surface area contributed by atoms with Gasteiger partial charge in [-0.25, -0.2) is 0 Å². The summed E-state index contributed by atoms with van der Waals surface area (Å²) in [5.74, 6) is 0. The van der Waals surface area contributed by atoms with Gasteiger partial charge in [-0.1, -0.05) is 13.8 Å². The SMILES string of the molecule is NC(=S)N1OS(=O)(=O)O1. The van der Waals surface area contributed by atoms with Crippen molar-refractivity contribution in [1.82, 2.24) is 5.23 Å². The van der Waals surface area contributed by atoms with E-state index in [-0.39, 0.29) is 5.11 Å². The van der Waals surface area contributed by atoms with Crippen molar-refractivity contribution in [1.29, 1.82) is 0 Å². The average Bonchev–Trinajstić information content (AvgIpc) is 1.59. The van der Waals surface area contributed by atoms with Gasteiger partial charge in [0.2, 0.25) is 5.11 Å². The Morgan fingerprint density at radius 2 is 2.00 bits per heavy atom. The lowest BCUT2D eigenvalue weighted by Crippen LogP contribution is -2.47. The highest BCUT2D eigenvalue weighted by molar-refractivity contribution is 7.83. The van der Waals surface area contributed by atoms with Gasteiger partial charge in [0.25, 0.3) is 0 Å². The van der Waals surface area contributed by atoms with Crippen molar-refractivity contribution in [2.75, 3.05) is 0 Å². The van der Waals surface area contributed by atoms with Crippen molar-refractivity contribution in [2.45, 2.75) is 0 Å². The van der Waals surface area contributed by atoms with Crippen molar-refractivity contribution in [3.63, 3.8) is 0 Å². The van der Waals surface area contributed by atoms with E-state index in [1.165, 1.54) is 0 Å². The van der Waals surface area contributed by atoms with Crippen molar-refractivity contribution in [2.24, 2.45) is 5.73 Å². The summed E-state index contributed by atoms with van der Waals surface area (Å²) in [7, 11) is -3.82. The Bertz CT molecular complexity index is 219. The summed E-state index contributed by atoms with van der Waals surface area (Å²) < 4.78 is 27.8. The Balaban J connectivity index is 2.55. The standard InChI is InChI=1S/CH2N2O4S2/c2-1(8)3-6-9(4,5)7-3/h(H2,2,8). The summed E-state index contributed by atoms with van der Waals surface area (Å²) in [5.41, 5.74) is 4.86. The van der Waals surface area contributed by atoms with Crippen LogP contribution in [0.5, 0.6) is 0 Å². The maximum Gasteiger partial charge on any atom is 0.446 e. The number of nitrogens with zero attached hydrogens (tertiary/aromatic N) is 1. The first kappa shape index (κ1) is 6.68. The van der Waals surface area contributed by atoms with E-state index in [0.717, 1.165) is 0 Å². The first-order valence-electron chi connectivity index (χ1n) is 1.75. The fourth-order valence-electron chi connectivity index (χ4n) is 0.245. The molecule has 0 amide bonds. The van der Waals surface area contributed by atoms with E-state index in [9.17, 15) is 8.42 Å². The molecule has 0 aromatic rings. The highest BCUT2D eigenvalue weighted by atomic mass is 32.3. The van der Waals surface area contributed by atoms with Gasteiger partial charge in [-0.2, -0.15) is 8.42 Å². The lowest BCUT2D eigenvalue weighted by atomic mass is 11.2. The molecule has 0 atom stereocenters. The van der Waals surface area contributed by atoms with Gasteiger partial charge in [-0.05, 0) is 12.2 Å². The van der Waals surface area contributed by atoms with Crippen molar-refractivity contribution in [3.8, 4) is 0 Å². The molecule has 52 valence electrons. The van der Waals surface area contributed by atoms with Gasteiger partial charge < -0.3 is 5.73 Å². The summed E-state index contributed by atoms with van der Waals surface area (Å²) in [6.45, 7) is 0. The van der Waals surface area contributed by atoms with Gasteiger partial charge in [-0.15, -0.1) is 0 Å². The average molecular weight is 170 g/mol. The molecule has 0 aromatic carbocycles. The largest absolute Gasteiger partial charge is 0.446 e. The molecule has 0 bridgehead atoms. The third kappa shape index (κ3) is 1.27. The first-order valence-corrected chi connectivity index (χ1v) is 3.49.